The van der Waals surface area contributed by atoms with Crippen LogP contribution < -0.4 is 9.64 Å². The summed E-state index contributed by atoms with van der Waals surface area (Å²) in [4.78, 5) is 27.4. The lowest BCUT2D eigenvalue weighted by Crippen LogP contribution is -2.40. The second-order valence-corrected chi connectivity index (χ2v) is 9.03. The number of carbonyl (C=O) groups is 2. The molecule has 0 N–H and O–H groups in total. The Labute approximate surface area is 174 Å². The number of hydrogen-bond acceptors (Lipinski definition) is 4. The molecular formula is C24H33NO4. The smallest absolute Gasteiger partial charge is 0.293 e. The molecule has 0 aromatic heterocycles. The molecule has 5 nitrogen and oxygen atoms in total. The Morgan fingerprint density at radius 2 is 2.03 bits per heavy atom. The number of anilines is 1. The topological polar surface area (TPSA) is 55.8 Å². The minimum absolute atomic E-state index is 0.0959. The second-order valence-electron chi connectivity index (χ2n) is 9.03. The van der Waals surface area contributed by atoms with Crippen LogP contribution in [0.1, 0.15) is 59.4 Å². The van der Waals surface area contributed by atoms with E-state index in [1.54, 1.807) is 12.0 Å². The fourth-order valence-corrected chi connectivity index (χ4v) is 3.42. The number of unbranched alkanes of at least 4 members (excludes halogenated alkanes) is 1. The van der Waals surface area contributed by atoms with E-state index in [0.717, 1.165) is 29.8 Å². The van der Waals surface area contributed by atoms with Gasteiger partial charge in [0, 0.05) is 24.7 Å². The van der Waals surface area contributed by atoms with Gasteiger partial charge in [-0.1, -0.05) is 26.8 Å². The van der Waals surface area contributed by atoms with Gasteiger partial charge in [-0.2, -0.15) is 0 Å². The highest BCUT2D eigenvalue weighted by molar-refractivity contribution is 6.09. The Balaban J connectivity index is 2.52. The molecule has 2 rings (SSSR count). The summed E-state index contributed by atoms with van der Waals surface area (Å²) in [5.41, 5.74) is 0.882. The number of carbonyl (C=O) groups excluding carboxylic acids is 2. The average Bonchev–Trinajstić information content (AvgIpc) is 2.62. The van der Waals surface area contributed by atoms with E-state index in [0.29, 0.717) is 6.54 Å². The minimum Gasteiger partial charge on any atom is -0.497 e. The molecule has 0 bridgehead atoms. The molecule has 1 heterocycles. The highest BCUT2D eigenvalue weighted by atomic mass is 16.5. The normalized spacial score (nSPS) is 15.9. The molecule has 5 heteroatoms. The summed E-state index contributed by atoms with van der Waals surface area (Å²) in [6, 6.07) is 5.72. The summed E-state index contributed by atoms with van der Waals surface area (Å²) in [7, 11) is 1.63. The van der Waals surface area contributed by atoms with Gasteiger partial charge >= 0.3 is 0 Å². The van der Waals surface area contributed by atoms with Crippen molar-refractivity contribution in [3.05, 3.63) is 48.3 Å². The lowest BCUT2D eigenvalue weighted by molar-refractivity contribution is -0.129. The van der Waals surface area contributed by atoms with Gasteiger partial charge in [0.15, 0.2) is 11.5 Å². The second kappa shape index (κ2) is 8.85. The molecule has 0 spiro atoms. The highest BCUT2D eigenvalue weighted by Crippen LogP contribution is 2.36. The summed E-state index contributed by atoms with van der Waals surface area (Å²) in [5, 5.41) is 0. The zero-order valence-electron chi connectivity index (χ0n) is 18.5. The fourth-order valence-electron chi connectivity index (χ4n) is 3.42. The summed E-state index contributed by atoms with van der Waals surface area (Å²) in [5.74, 6) is 0.439. The monoisotopic (exact) mass is 399 g/mol. The van der Waals surface area contributed by atoms with E-state index in [1.807, 2.05) is 38.1 Å². The van der Waals surface area contributed by atoms with Crippen LogP contribution in [0.3, 0.4) is 0 Å². The first kappa shape index (κ1) is 22.7. The number of allylic oxidation sites excluding steroid dienone is 2. The Hall–Kier alpha value is -2.56. The predicted octanol–water partition coefficient (Wildman–Crippen LogP) is 4.94. The van der Waals surface area contributed by atoms with Crippen molar-refractivity contribution in [2.45, 2.75) is 64.9 Å². The van der Waals surface area contributed by atoms with Crippen molar-refractivity contribution in [1.29, 1.82) is 0 Å². The van der Waals surface area contributed by atoms with E-state index in [4.69, 9.17) is 9.47 Å². The summed E-state index contributed by atoms with van der Waals surface area (Å²) in [6.45, 7) is 14.2. The molecule has 29 heavy (non-hydrogen) atoms. The summed E-state index contributed by atoms with van der Waals surface area (Å²) in [6.07, 6.45) is 4.97. The third kappa shape index (κ3) is 5.72. The summed E-state index contributed by atoms with van der Waals surface area (Å²) >= 11 is 0. The fraction of sp³-hybridized carbons (Fsp3) is 0.500. The van der Waals surface area contributed by atoms with Crippen LogP contribution in [0, 0.1) is 0 Å². The Bertz CT molecular complexity index is 815. The van der Waals surface area contributed by atoms with Crippen molar-refractivity contribution in [3.63, 3.8) is 0 Å². The maximum atomic E-state index is 13.5. The average molecular weight is 400 g/mol. The van der Waals surface area contributed by atoms with Gasteiger partial charge in [0.25, 0.3) is 5.91 Å². The van der Waals surface area contributed by atoms with Gasteiger partial charge in [-0.05, 0) is 55.9 Å². The van der Waals surface area contributed by atoms with Crippen molar-refractivity contribution in [2.24, 2.45) is 0 Å². The molecule has 1 aromatic rings. The number of nitrogens with zero attached hydrogens (tertiary/aromatic N) is 1. The molecule has 0 fully saturated rings. The van der Waals surface area contributed by atoms with Crippen LogP contribution in [0.5, 0.6) is 5.75 Å². The number of hydrogen-bond donors (Lipinski definition) is 0. The number of ether oxygens (including phenoxy) is 2. The molecule has 1 aliphatic rings. The minimum atomic E-state index is -0.698. The van der Waals surface area contributed by atoms with E-state index in [1.165, 1.54) is 6.08 Å². The lowest BCUT2D eigenvalue weighted by atomic mass is 9.85. The Kier molecular flexibility index (Phi) is 6.93. The summed E-state index contributed by atoms with van der Waals surface area (Å²) < 4.78 is 11.3. The standard InChI is InChI=1S/C24H33NO4/c1-8-9-10-13-25(22(27)21-14-17(26)16-24(5,6)29-21)20-12-11-18(28-7)15-19(20)23(2,3)4/h8,11-12,14-15H,1,9-10,13,16H2,2-7H3. The van der Waals surface area contributed by atoms with E-state index in [2.05, 4.69) is 27.4 Å². The van der Waals surface area contributed by atoms with Crippen molar-refractivity contribution >= 4 is 17.4 Å². The number of ketones is 1. The van der Waals surface area contributed by atoms with Gasteiger partial charge in [-0.25, -0.2) is 0 Å². The highest BCUT2D eigenvalue weighted by Gasteiger charge is 2.35. The predicted molar refractivity (Wildman–Crippen MR) is 116 cm³/mol. The molecule has 0 saturated heterocycles. The van der Waals surface area contributed by atoms with Gasteiger partial charge in [-0.3, -0.25) is 9.59 Å². The van der Waals surface area contributed by atoms with E-state index in [9.17, 15) is 9.59 Å². The first-order chi connectivity index (χ1) is 13.5. The van der Waals surface area contributed by atoms with Crippen molar-refractivity contribution in [3.8, 4) is 5.75 Å². The van der Waals surface area contributed by atoms with Crippen LogP contribution in [-0.2, 0) is 19.7 Å². The maximum Gasteiger partial charge on any atom is 0.293 e. The zero-order chi connectivity index (χ0) is 21.8. The molecule has 1 aliphatic heterocycles. The molecule has 0 aliphatic carbocycles. The quantitative estimate of drug-likeness (QED) is 0.481. The molecule has 0 radical (unpaired) electrons. The molecule has 0 saturated carbocycles. The van der Waals surface area contributed by atoms with E-state index >= 15 is 0 Å². The Morgan fingerprint density at radius 1 is 1.34 bits per heavy atom. The van der Waals surface area contributed by atoms with Crippen LogP contribution in [-0.4, -0.2) is 30.9 Å². The van der Waals surface area contributed by atoms with Crippen LogP contribution >= 0.6 is 0 Å². The van der Waals surface area contributed by atoms with Gasteiger partial charge in [0.1, 0.15) is 11.4 Å². The SMILES string of the molecule is C=CCCCN(C(=O)C1=CC(=O)CC(C)(C)O1)c1ccc(OC)cc1C(C)(C)C. The van der Waals surface area contributed by atoms with Crippen LogP contribution in [0.2, 0.25) is 0 Å². The van der Waals surface area contributed by atoms with E-state index < -0.39 is 5.60 Å². The molecule has 158 valence electrons. The van der Waals surface area contributed by atoms with Crippen LogP contribution in [0.15, 0.2) is 42.7 Å². The van der Waals surface area contributed by atoms with Gasteiger partial charge in [-0.15, -0.1) is 6.58 Å². The number of rotatable bonds is 7. The third-order valence-electron chi connectivity index (χ3n) is 4.83. The van der Waals surface area contributed by atoms with Crippen LogP contribution in [0.4, 0.5) is 5.69 Å². The van der Waals surface area contributed by atoms with Crippen molar-refractivity contribution in [2.75, 3.05) is 18.6 Å². The molecular weight excluding hydrogens is 366 g/mol. The largest absolute Gasteiger partial charge is 0.497 e. The zero-order valence-corrected chi connectivity index (χ0v) is 18.5. The lowest BCUT2D eigenvalue weighted by Gasteiger charge is -2.34. The third-order valence-corrected chi connectivity index (χ3v) is 4.83. The van der Waals surface area contributed by atoms with Gasteiger partial charge in [0.05, 0.1) is 7.11 Å². The van der Waals surface area contributed by atoms with Gasteiger partial charge in [0.2, 0.25) is 0 Å². The number of amides is 1. The number of methoxy groups -OCH3 is 1. The first-order valence-electron chi connectivity index (χ1n) is 10.0. The molecule has 0 atom stereocenters. The van der Waals surface area contributed by atoms with Crippen molar-refractivity contribution in [1.82, 2.24) is 0 Å². The molecule has 1 aromatic carbocycles. The number of benzene rings is 1. The van der Waals surface area contributed by atoms with Gasteiger partial charge < -0.3 is 14.4 Å². The van der Waals surface area contributed by atoms with Crippen molar-refractivity contribution < 1.29 is 19.1 Å². The van der Waals surface area contributed by atoms with Crippen LogP contribution in [0.25, 0.3) is 0 Å². The van der Waals surface area contributed by atoms with E-state index in [-0.39, 0.29) is 29.3 Å². The molecule has 0 unspecified atom stereocenters. The molecule has 1 amide bonds. The Morgan fingerprint density at radius 3 is 2.59 bits per heavy atom. The maximum absolute atomic E-state index is 13.5. The first-order valence-corrected chi connectivity index (χ1v) is 10.0.